The van der Waals surface area contributed by atoms with Crippen LogP contribution in [0.15, 0.2) is 29.4 Å². The third-order valence-corrected chi connectivity index (χ3v) is 5.79. The summed E-state index contributed by atoms with van der Waals surface area (Å²) in [6, 6.07) is 8.64. The number of hydrogen-bond acceptors (Lipinski definition) is 6. The molecular weight excluding hydrogens is 368 g/mol. The molecule has 0 radical (unpaired) electrons. The van der Waals surface area contributed by atoms with Gasteiger partial charge in [-0.05, 0) is 55.8 Å². The van der Waals surface area contributed by atoms with Crippen molar-refractivity contribution < 1.29 is 14.7 Å². The molecule has 3 rings (SSSR count). The van der Waals surface area contributed by atoms with Gasteiger partial charge < -0.3 is 15.4 Å². The number of unbranched alkanes of at least 4 members (excludes halogenated alkanes) is 1. The van der Waals surface area contributed by atoms with Crippen molar-refractivity contribution in [1.82, 2.24) is 15.8 Å². The first kappa shape index (κ1) is 21.7. The number of hydroxylamine groups is 1. The van der Waals surface area contributed by atoms with Gasteiger partial charge in [-0.1, -0.05) is 37.6 Å². The Bertz CT molecular complexity index is 657. The van der Waals surface area contributed by atoms with Crippen LogP contribution in [-0.4, -0.2) is 54.5 Å². The van der Waals surface area contributed by atoms with Crippen LogP contribution < -0.4 is 10.9 Å². The van der Waals surface area contributed by atoms with E-state index < -0.39 is 5.97 Å². The molecule has 160 valence electrons. The second-order valence-corrected chi connectivity index (χ2v) is 8.17. The largest absolute Gasteiger partial charge is 0.481 e. The second-order valence-electron chi connectivity index (χ2n) is 8.17. The van der Waals surface area contributed by atoms with Crippen molar-refractivity contribution in [2.75, 3.05) is 26.2 Å². The highest BCUT2D eigenvalue weighted by atomic mass is 16.7. The molecular formula is C22H34N4O3. The number of nitrogens with zero attached hydrogens (tertiary/aromatic N) is 2. The van der Waals surface area contributed by atoms with E-state index in [1.54, 1.807) is 0 Å². The van der Waals surface area contributed by atoms with Gasteiger partial charge in [0, 0.05) is 19.5 Å². The van der Waals surface area contributed by atoms with E-state index in [0.29, 0.717) is 12.3 Å². The molecule has 2 fully saturated rings. The van der Waals surface area contributed by atoms with Gasteiger partial charge in [-0.15, -0.1) is 0 Å². The maximum absolute atomic E-state index is 10.9. The molecule has 3 N–H and O–H groups in total. The summed E-state index contributed by atoms with van der Waals surface area (Å²) in [5.41, 5.74) is 8.55. The van der Waals surface area contributed by atoms with Crippen LogP contribution in [0.3, 0.4) is 0 Å². The lowest BCUT2D eigenvalue weighted by Gasteiger charge is -2.32. The summed E-state index contributed by atoms with van der Waals surface area (Å²) in [6.07, 6.45) is 7.49. The number of carbonyl (C=O) groups is 1. The summed E-state index contributed by atoms with van der Waals surface area (Å²) in [6.45, 7) is 5.90. The first-order valence-electron chi connectivity index (χ1n) is 10.8. The molecule has 1 aromatic carbocycles. The quantitative estimate of drug-likeness (QED) is 0.317. The zero-order chi connectivity index (χ0) is 20.5. The maximum atomic E-state index is 10.9. The summed E-state index contributed by atoms with van der Waals surface area (Å²) in [4.78, 5) is 19.1. The molecule has 2 unspecified atom stereocenters. The number of likely N-dealkylation sites (tertiary alicyclic amines) is 1. The number of benzene rings is 1. The number of nitrogens with one attached hydrogen (secondary N) is 2. The van der Waals surface area contributed by atoms with E-state index in [0.717, 1.165) is 63.8 Å². The van der Waals surface area contributed by atoms with Gasteiger partial charge in [0.2, 0.25) is 0 Å². The van der Waals surface area contributed by atoms with Gasteiger partial charge in [-0.3, -0.25) is 9.63 Å². The number of rotatable bonds is 10. The second kappa shape index (κ2) is 11.3. The van der Waals surface area contributed by atoms with Crippen molar-refractivity contribution in [2.24, 2.45) is 11.0 Å². The predicted octanol–water partition coefficient (Wildman–Crippen LogP) is 2.93. The molecule has 0 aliphatic carbocycles. The van der Waals surface area contributed by atoms with Crippen LogP contribution in [0.2, 0.25) is 0 Å². The van der Waals surface area contributed by atoms with E-state index in [2.05, 4.69) is 52.1 Å². The number of hydrogen-bond donors (Lipinski definition) is 3. The van der Waals surface area contributed by atoms with E-state index in [1.165, 1.54) is 5.56 Å². The number of aliphatic carboxylic acids is 1. The molecule has 0 amide bonds. The lowest BCUT2D eigenvalue weighted by atomic mass is 9.93. The molecule has 0 saturated carbocycles. The Morgan fingerprint density at radius 1 is 1.34 bits per heavy atom. The fourth-order valence-corrected chi connectivity index (χ4v) is 4.02. The Hall–Kier alpha value is -1.96. The molecule has 2 saturated heterocycles. The monoisotopic (exact) mass is 402 g/mol. The lowest BCUT2D eigenvalue weighted by molar-refractivity contribution is -0.138. The van der Waals surface area contributed by atoms with Gasteiger partial charge >= 0.3 is 5.97 Å². The summed E-state index contributed by atoms with van der Waals surface area (Å²) >= 11 is 0. The fourth-order valence-electron chi connectivity index (χ4n) is 4.02. The van der Waals surface area contributed by atoms with Crippen LogP contribution in [0, 0.1) is 5.92 Å². The predicted molar refractivity (Wildman–Crippen MR) is 114 cm³/mol. The van der Waals surface area contributed by atoms with E-state index in [-0.39, 0.29) is 12.1 Å². The molecule has 2 aliphatic heterocycles. The van der Waals surface area contributed by atoms with Crippen molar-refractivity contribution in [3.8, 4) is 0 Å². The van der Waals surface area contributed by atoms with Crippen molar-refractivity contribution >= 4 is 12.2 Å². The fraction of sp³-hybridized carbons (Fsp3) is 0.636. The van der Waals surface area contributed by atoms with Gasteiger partial charge in [-0.25, -0.2) is 0 Å². The minimum atomic E-state index is -0.681. The van der Waals surface area contributed by atoms with Gasteiger partial charge in [0.1, 0.15) is 0 Å². The van der Waals surface area contributed by atoms with Crippen LogP contribution in [0.1, 0.15) is 62.6 Å². The van der Waals surface area contributed by atoms with Crippen LogP contribution in [0.25, 0.3) is 0 Å². The molecule has 2 heterocycles. The maximum Gasteiger partial charge on any atom is 0.303 e. The van der Waals surface area contributed by atoms with Crippen LogP contribution in [0.4, 0.5) is 0 Å². The highest BCUT2D eigenvalue weighted by molar-refractivity contribution is 5.79. The SMILES string of the molecule is CCCCNN=Cc1ccc(C2CC(CN3CCC(CC(=O)O)CC3)ON2)cc1. The summed E-state index contributed by atoms with van der Waals surface area (Å²) in [5, 5.41) is 13.2. The van der Waals surface area contributed by atoms with E-state index in [1.807, 2.05) is 6.21 Å². The van der Waals surface area contributed by atoms with Crippen LogP contribution in [-0.2, 0) is 9.63 Å². The molecule has 7 nitrogen and oxygen atoms in total. The normalized spacial score (nSPS) is 23.6. The van der Waals surface area contributed by atoms with Crippen molar-refractivity contribution in [1.29, 1.82) is 0 Å². The Morgan fingerprint density at radius 2 is 2.10 bits per heavy atom. The molecule has 1 aromatic rings. The Balaban J connectivity index is 1.40. The smallest absolute Gasteiger partial charge is 0.303 e. The molecule has 2 aliphatic rings. The molecule has 0 aromatic heterocycles. The molecule has 0 bridgehead atoms. The first-order valence-corrected chi connectivity index (χ1v) is 10.8. The standard InChI is InChI=1S/C22H34N4O3/c1-2-3-10-23-24-15-18-4-6-19(7-5-18)21-14-20(29-25-21)16-26-11-8-17(9-12-26)13-22(27)28/h4-7,15,17,20-21,23,25H,2-3,8-14,16H2,1H3,(H,27,28). The average molecular weight is 403 g/mol. The van der Waals surface area contributed by atoms with E-state index in [9.17, 15) is 4.79 Å². The molecule has 7 heteroatoms. The molecule has 2 atom stereocenters. The third-order valence-electron chi connectivity index (χ3n) is 5.79. The van der Waals surface area contributed by atoms with Gasteiger partial charge in [0.15, 0.2) is 0 Å². The van der Waals surface area contributed by atoms with Gasteiger partial charge in [0.05, 0.1) is 18.4 Å². The Morgan fingerprint density at radius 3 is 2.79 bits per heavy atom. The Kier molecular flexibility index (Phi) is 8.46. The number of carboxylic acid groups (broad SMARTS) is 1. The van der Waals surface area contributed by atoms with Crippen molar-refractivity contribution in [2.45, 2.75) is 57.6 Å². The number of piperidine rings is 1. The minimum Gasteiger partial charge on any atom is -0.481 e. The van der Waals surface area contributed by atoms with Crippen molar-refractivity contribution in [3.05, 3.63) is 35.4 Å². The minimum absolute atomic E-state index is 0.167. The third kappa shape index (κ3) is 7.10. The van der Waals surface area contributed by atoms with Crippen LogP contribution >= 0.6 is 0 Å². The van der Waals surface area contributed by atoms with E-state index in [4.69, 9.17) is 9.94 Å². The number of hydrazone groups is 1. The number of carboxylic acids is 1. The molecule has 0 spiro atoms. The first-order chi connectivity index (χ1) is 14.1. The van der Waals surface area contributed by atoms with Gasteiger partial charge in [-0.2, -0.15) is 10.6 Å². The van der Waals surface area contributed by atoms with Crippen molar-refractivity contribution in [3.63, 3.8) is 0 Å². The summed E-state index contributed by atoms with van der Waals surface area (Å²) in [7, 11) is 0. The van der Waals surface area contributed by atoms with Gasteiger partial charge in [0.25, 0.3) is 0 Å². The topological polar surface area (TPSA) is 86.2 Å². The lowest BCUT2D eigenvalue weighted by Crippen LogP contribution is -2.39. The average Bonchev–Trinajstić information content (AvgIpc) is 3.18. The Labute approximate surface area is 173 Å². The zero-order valence-electron chi connectivity index (χ0n) is 17.3. The highest BCUT2D eigenvalue weighted by Gasteiger charge is 2.30. The summed E-state index contributed by atoms with van der Waals surface area (Å²) in [5.74, 6) is -0.359. The van der Waals surface area contributed by atoms with Crippen LogP contribution in [0.5, 0.6) is 0 Å². The summed E-state index contributed by atoms with van der Waals surface area (Å²) < 4.78 is 0. The zero-order valence-corrected chi connectivity index (χ0v) is 17.3. The highest BCUT2D eigenvalue weighted by Crippen LogP contribution is 2.27. The molecule has 29 heavy (non-hydrogen) atoms. The van der Waals surface area contributed by atoms with E-state index >= 15 is 0 Å².